The van der Waals surface area contributed by atoms with Crippen LogP contribution in [-0.4, -0.2) is 42.6 Å². The van der Waals surface area contributed by atoms with E-state index in [1.807, 2.05) is 18.7 Å². The minimum absolute atomic E-state index is 0.134. The van der Waals surface area contributed by atoms with Gasteiger partial charge in [-0.1, -0.05) is 0 Å². The molecule has 0 saturated carbocycles. The predicted molar refractivity (Wildman–Crippen MR) is 45.6 cm³/mol. The zero-order valence-electron chi connectivity index (χ0n) is 7.62. The number of hydrogen-bond acceptors (Lipinski definition) is 4. The van der Waals surface area contributed by atoms with E-state index in [0.717, 1.165) is 13.1 Å². The fourth-order valence-electron chi connectivity index (χ4n) is 1.28. The van der Waals surface area contributed by atoms with Crippen LogP contribution in [-0.2, 0) is 9.53 Å². The lowest BCUT2D eigenvalue weighted by molar-refractivity contribution is -0.150. The summed E-state index contributed by atoms with van der Waals surface area (Å²) in [7, 11) is 0. The molecule has 1 unspecified atom stereocenters. The van der Waals surface area contributed by atoms with E-state index < -0.39 is 0 Å². The Hall–Kier alpha value is -0.610. The molecule has 0 amide bonds. The van der Waals surface area contributed by atoms with Crippen molar-refractivity contribution in [2.24, 2.45) is 5.73 Å². The average molecular weight is 172 g/mol. The Labute approximate surface area is 72.7 Å². The van der Waals surface area contributed by atoms with Gasteiger partial charge >= 0.3 is 5.97 Å². The Bertz CT molecular complexity index is 166. The lowest BCUT2D eigenvalue weighted by Gasteiger charge is -2.39. The van der Waals surface area contributed by atoms with Crippen LogP contribution in [0.4, 0.5) is 0 Å². The van der Waals surface area contributed by atoms with Crippen molar-refractivity contribution >= 4 is 5.97 Å². The second kappa shape index (κ2) is 3.87. The Kier molecular flexibility index (Phi) is 3.05. The Morgan fingerprint density at radius 3 is 2.75 bits per heavy atom. The van der Waals surface area contributed by atoms with Gasteiger partial charge in [-0.15, -0.1) is 0 Å². The van der Waals surface area contributed by atoms with Gasteiger partial charge in [0.25, 0.3) is 0 Å². The van der Waals surface area contributed by atoms with Crippen LogP contribution in [0.3, 0.4) is 0 Å². The quantitative estimate of drug-likeness (QED) is 0.587. The third-order valence-electron chi connectivity index (χ3n) is 2.11. The van der Waals surface area contributed by atoms with Crippen molar-refractivity contribution < 1.29 is 9.53 Å². The highest BCUT2D eigenvalue weighted by Crippen LogP contribution is 2.11. The monoisotopic (exact) mass is 172 g/mol. The van der Waals surface area contributed by atoms with Crippen LogP contribution in [0.2, 0.25) is 0 Å². The molecular weight excluding hydrogens is 156 g/mol. The molecule has 12 heavy (non-hydrogen) atoms. The molecule has 0 aromatic heterocycles. The van der Waals surface area contributed by atoms with E-state index in [4.69, 9.17) is 10.5 Å². The number of ether oxygens (including phenoxy) is 1. The molecule has 1 aliphatic rings. The van der Waals surface area contributed by atoms with E-state index in [1.54, 1.807) is 0 Å². The summed E-state index contributed by atoms with van der Waals surface area (Å²) in [6.07, 6.45) is 0. The highest BCUT2D eigenvalue weighted by Gasteiger charge is 2.31. The van der Waals surface area contributed by atoms with Crippen LogP contribution in [0, 0.1) is 0 Å². The molecule has 1 heterocycles. The van der Waals surface area contributed by atoms with Gasteiger partial charge in [0.15, 0.2) is 0 Å². The minimum Gasteiger partial charge on any atom is -0.465 e. The number of carbonyl (C=O) groups excluding carboxylic acids is 1. The molecule has 0 aromatic rings. The molecule has 0 spiro atoms. The summed E-state index contributed by atoms with van der Waals surface area (Å²) in [6, 6.07) is 0.103. The highest BCUT2D eigenvalue weighted by atomic mass is 16.5. The molecule has 0 bridgehead atoms. The van der Waals surface area contributed by atoms with Crippen molar-refractivity contribution in [3.63, 3.8) is 0 Å². The molecule has 1 atom stereocenters. The smallest absolute Gasteiger partial charge is 0.323 e. The van der Waals surface area contributed by atoms with Crippen molar-refractivity contribution in [1.82, 2.24) is 4.90 Å². The largest absolute Gasteiger partial charge is 0.465 e. The lowest BCUT2D eigenvalue weighted by Crippen LogP contribution is -2.60. The molecule has 0 aliphatic carbocycles. The van der Waals surface area contributed by atoms with Gasteiger partial charge in [-0.05, 0) is 13.8 Å². The fourth-order valence-corrected chi connectivity index (χ4v) is 1.28. The maximum absolute atomic E-state index is 11.2. The number of hydrogen-bond donors (Lipinski definition) is 1. The number of nitrogens with two attached hydrogens (primary N) is 1. The van der Waals surface area contributed by atoms with Crippen LogP contribution in [0.1, 0.15) is 13.8 Å². The van der Waals surface area contributed by atoms with E-state index >= 15 is 0 Å². The molecule has 0 radical (unpaired) electrons. The first-order valence-corrected chi connectivity index (χ1v) is 4.31. The van der Waals surface area contributed by atoms with Gasteiger partial charge in [0.1, 0.15) is 6.04 Å². The van der Waals surface area contributed by atoms with Gasteiger partial charge in [0.2, 0.25) is 0 Å². The maximum atomic E-state index is 11.2. The standard InChI is InChI=1S/C8H16N2O2/c1-3-12-8(11)6(2)10-4-7(9)5-10/h6-7H,3-5,9H2,1-2H3. The topological polar surface area (TPSA) is 55.6 Å². The normalized spacial score (nSPS) is 21.6. The van der Waals surface area contributed by atoms with E-state index in [9.17, 15) is 4.79 Å². The summed E-state index contributed by atoms with van der Waals surface area (Å²) in [6.45, 7) is 5.72. The van der Waals surface area contributed by atoms with Gasteiger partial charge in [-0.3, -0.25) is 9.69 Å². The van der Waals surface area contributed by atoms with E-state index in [1.165, 1.54) is 0 Å². The number of carbonyl (C=O) groups is 1. The zero-order chi connectivity index (χ0) is 9.14. The Morgan fingerprint density at radius 2 is 2.33 bits per heavy atom. The van der Waals surface area contributed by atoms with Crippen LogP contribution < -0.4 is 5.73 Å². The van der Waals surface area contributed by atoms with E-state index in [2.05, 4.69) is 0 Å². The predicted octanol–water partition coefficient (Wildman–Crippen LogP) is -0.419. The summed E-state index contributed by atoms with van der Waals surface area (Å²) in [5.41, 5.74) is 5.59. The van der Waals surface area contributed by atoms with Crippen molar-refractivity contribution in [2.75, 3.05) is 19.7 Å². The van der Waals surface area contributed by atoms with Crippen molar-refractivity contribution in [2.45, 2.75) is 25.9 Å². The average Bonchev–Trinajstić information content (AvgIpc) is 1.98. The molecule has 0 aromatic carbocycles. The molecule has 70 valence electrons. The minimum atomic E-state index is -0.149. The Balaban J connectivity index is 2.27. The summed E-state index contributed by atoms with van der Waals surface area (Å²) in [5, 5.41) is 0. The first-order valence-electron chi connectivity index (χ1n) is 4.31. The molecule has 1 fully saturated rings. The van der Waals surface area contributed by atoms with Gasteiger partial charge in [-0.2, -0.15) is 0 Å². The summed E-state index contributed by atoms with van der Waals surface area (Å²) in [5.74, 6) is -0.149. The van der Waals surface area contributed by atoms with Gasteiger partial charge in [0.05, 0.1) is 6.61 Å². The third kappa shape index (κ3) is 1.95. The lowest BCUT2D eigenvalue weighted by atomic mass is 10.1. The Morgan fingerprint density at radius 1 is 1.75 bits per heavy atom. The van der Waals surface area contributed by atoms with Gasteiger partial charge in [0, 0.05) is 19.1 Å². The highest BCUT2D eigenvalue weighted by molar-refractivity contribution is 5.75. The van der Waals surface area contributed by atoms with Crippen LogP contribution in [0.25, 0.3) is 0 Å². The first-order chi connectivity index (χ1) is 5.65. The maximum Gasteiger partial charge on any atom is 0.323 e. The molecule has 4 heteroatoms. The first kappa shape index (κ1) is 9.48. The summed E-state index contributed by atoms with van der Waals surface area (Å²) < 4.78 is 4.87. The second-order valence-electron chi connectivity index (χ2n) is 3.14. The molecule has 2 N–H and O–H groups in total. The van der Waals surface area contributed by atoms with Crippen molar-refractivity contribution in [3.05, 3.63) is 0 Å². The van der Waals surface area contributed by atoms with E-state index in [0.29, 0.717) is 6.61 Å². The number of likely N-dealkylation sites (tertiary alicyclic amines) is 1. The van der Waals surface area contributed by atoms with Crippen LogP contribution in [0.15, 0.2) is 0 Å². The van der Waals surface area contributed by atoms with Crippen LogP contribution in [0.5, 0.6) is 0 Å². The number of rotatable bonds is 3. The second-order valence-corrected chi connectivity index (χ2v) is 3.14. The zero-order valence-corrected chi connectivity index (χ0v) is 7.62. The third-order valence-corrected chi connectivity index (χ3v) is 2.11. The van der Waals surface area contributed by atoms with Crippen LogP contribution >= 0.6 is 0 Å². The SMILES string of the molecule is CCOC(=O)C(C)N1CC(N)C1. The molecule has 1 aliphatic heterocycles. The van der Waals surface area contributed by atoms with E-state index in [-0.39, 0.29) is 18.1 Å². The number of nitrogens with zero attached hydrogens (tertiary/aromatic N) is 1. The molecular formula is C8H16N2O2. The van der Waals surface area contributed by atoms with Crippen molar-refractivity contribution in [3.8, 4) is 0 Å². The fraction of sp³-hybridized carbons (Fsp3) is 0.875. The summed E-state index contributed by atoms with van der Waals surface area (Å²) >= 11 is 0. The molecule has 4 nitrogen and oxygen atoms in total. The van der Waals surface area contributed by atoms with Gasteiger partial charge in [-0.25, -0.2) is 0 Å². The molecule has 1 saturated heterocycles. The van der Waals surface area contributed by atoms with Gasteiger partial charge < -0.3 is 10.5 Å². The van der Waals surface area contributed by atoms with Crippen molar-refractivity contribution in [1.29, 1.82) is 0 Å². The molecule has 1 rings (SSSR count). The number of esters is 1. The summed E-state index contributed by atoms with van der Waals surface area (Å²) in [4.78, 5) is 13.2.